The van der Waals surface area contributed by atoms with Crippen LogP contribution in [0.5, 0.6) is 0 Å². The number of hydrogen-bond acceptors (Lipinski definition) is 1. The maximum absolute atomic E-state index is 2.81. The standard InChI is InChI=1S/C14H27N/c1-13(2,3)11-9-10-7-8-12(11)15(10)14(4,5)6/h10-12H,7-9H2,1-6H3. The van der Waals surface area contributed by atoms with Gasteiger partial charge in [-0.15, -0.1) is 0 Å². The summed E-state index contributed by atoms with van der Waals surface area (Å²) in [5.74, 6) is 0.912. The number of rotatable bonds is 0. The summed E-state index contributed by atoms with van der Waals surface area (Å²) in [6, 6.07) is 1.73. The van der Waals surface area contributed by atoms with Gasteiger partial charge in [-0.1, -0.05) is 20.8 Å². The molecule has 0 N–H and O–H groups in total. The highest BCUT2D eigenvalue weighted by molar-refractivity contribution is 5.06. The second-order valence-electron chi connectivity index (χ2n) is 7.58. The lowest BCUT2D eigenvalue weighted by Gasteiger charge is -2.39. The highest BCUT2D eigenvalue weighted by atomic mass is 15.3. The van der Waals surface area contributed by atoms with Gasteiger partial charge in [0.15, 0.2) is 0 Å². The largest absolute Gasteiger partial charge is 0.292 e. The van der Waals surface area contributed by atoms with Crippen molar-refractivity contribution in [3.63, 3.8) is 0 Å². The Kier molecular flexibility index (Phi) is 2.46. The van der Waals surface area contributed by atoms with Gasteiger partial charge in [0.1, 0.15) is 0 Å². The van der Waals surface area contributed by atoms with E-state index in [9.17, 15) is 0 Å². The predicted molar refractivity (Wildman–Crippen MR) is 66.0 cm³/mol. The molecule has 0 aromatic heterocycles. The zero-order valence-corrected chi connectivity index (χ0v) is 11.3. The Balaban J connectivity index is 2.20. The smallest absolute Gasteiger partial charge is 0.0138 e. The number of nitrogens with zero attached hydrogens (tertiary/aromatic N) is 1. The molecule has 2 saturated heterocycles. The van der Waals surface area contributed by atoms with E-state index >= 15 is 0 Å². The molecule has 2 bridgehead atoms. The molecule has 3 unspecified atom stereocenters. The van der Waals surface area contributed by atoms with E-state index in [4.69, 9.17) is 0 Å². The molecule has 2 heterocycles. The molecule has 0 amide bonds. The molecule has 0 aromatic rings. The molecule has 2 fully saturated rings. The Morgan fingerprint density at radius 1 is 0.933 bits per heavy atom. The molecule has 0 saturated carbocycles. The van der Waals surface area contributed by atoms with E-state index in [1.54, 1.807) is 0 Å². The van der Waals surface area contributed by atoms with Gasteiger partial charge in [0, 0.05) is 17.6 Å². The Labute approximate surface area is 95.2 Å². The van der Waals surface area contributed by atoms with E-state index in [1.807, 2.05) is 0 Å². The van der Waals surface area contributed by atoms with E-state index in [-0.39, 0.29) is 0 Å². The summed E-state index contributed by atoms with van der Waals surface area (Å²) in [6.07, 6.45) is 4.31. The van der Waals surface area contributed by atoms with Crippen molar-refractivity contribution in [3.8, 4) is 0 Å². The first-order valence-electron chi connectivity index (χ1n) is 6.50. The van der Waals surface area contributed by atoms with Crippen molar-refractivity contribution in [2.45, 2.75) is 78.4 Å². The van der Waals surface area contributed by atoms with Crippen molar-refractivity contribution in [2.24, 2.45) is 11.3 Å². The topological polar surface area (TPSA) is 3.24 Å². The van der Waals surface area contributed by atoms with Crippen LogP contribution in [0.3, 0.4) is 0 Å². The van der Waals surface area contributed by atoms with Crippen LogP contribution in [0.25, 0.3) is 0 Å². The zero-order chi connectivity index (χ0) is 11.4. The first kappa shape index (κ1) is 11.4. The van der Waals surface area contributed by atoms with Gasteiger partial charge in [0.2, 0.25) is 0 Å². The number of fused-ring (bicyclic) bond motifs is 2. The van der Waals surface area contributed by atoms with Gasteiger partial charge in [0.25, 0.3) is 0 Å². The average molecular weight is 209 g/mol. The maximum atomic E-state index is 2.81. The van der Waals surface area contributed by atoms with Crippen molar-refractivity contribution in [3.05, 3.63) is 0 Å². The van der Waals surface area contributed by atoms with Gasteiger partial charge in [-0.2, -0.15) is 0 Å². The van der Waals surface area contributed by atoms with Crippen LogP contribution in [0.1, 0.15) is 60.8 Å². The zero-order valence-electron chi connectivity index (χ0n) is 11.3. The van der Waals surface area contributed by atoms with Crippen LogP contribution >= 0.6 is 0 Å². The van der Waals surface area contributed by atoms with Crippen LogP contribution in [0.4, 0.5) is 0 Å². The Hall–Kier alpha value is -0.0400. The van der Waals surface area contributed by atoms with Crippen LogP contribution in [0.15, 0.2) is 0 Å². The molecule has 0 aromatic carbocycles. The van der Waals surface area contributed by atoms with Gasteiger partial charge in [0.05, 0.1) is 0 Å². The monoisotopic (exact) mass is 209 g/mol. The fourth-order valence-electron chi connectivity index (χ4n) is 3.96. The van der Waals surface area contributed by atoms with Crippen molar-refractivity contribution < 1.29 is 0 Å². The fraction of sp³-hybridized carbons (Fsp3) is 1.00. The van der Waals surface area contributed by atoms with Gasteiger partial charge in [-0.05, 0) is 51.4 Å². The average Bonchev–Trinajstić information content (AvgIpc) is 2.55. The summed E-state index contributed by atoms with van der Waals surface area (Å²) in [4.78, 5) is 2.81. The van der Waals surface area contributed by atoms with Gasteiger partial charge in [-0.25, -0.2) is 0 Å². The molecule has 0 spiro atoms. The lowest BCUT2D eigenvalue weighted by Crippen LogP contribution is -2.46. The normalized spacial score (nSPS) is 37.6. The molecule has 3 atom stereocenters. The second-order valence-corrected chi connectivity index (χ2v) is 7.58. The second kappa shape index (κ2) is 3.23. The summed E-state index contributed by atoms with van der Waals surface area (Å²) < 4.78 is 0. The van der Waals surface area contributed by atoms with Crippen LogP contribution in [-0.4, -0.2) is 22.5 Å². The van der Waals surface area contributed by atoms with Gasteiger partial charge < -0.3 is 0 Å². The molecule has 88 valence electrons. The van der Waals surface area contributed by atoms with E-state index < -0.39 is 0 Å². The molecular weight excluding hydrogens is 182 g/mol. The van der Waals surface area contributed by atoms with E-state index in [0.29, 0.717) is 11.0 Å². The van der Waals surface area contributed by atoms with Crippen LogP contribution in [0, 0.1) is 11.3 Å². The van der Waals surface area contributed by atoms with Crippen LogP contribution in [-0.2, 0) is 0 Å². The van der Waals surface area contributed by atoms with E-state index in [1.165, 1.54) is 19.3 Å². The Bertz CT molecular complexity index is 243. The molecule has 2 rings (SSSR count). The van der Waals surface area contributed by atoms with Gasteiger partial charge in [-0.3, -0.25) is 4.90 Å². The summed E-state index contributed by atoms with van der Waals surface area (Å²) in [5.41, 5.74) is 0.856. The molecule has 0 radical (unpaired) electrons. The lowest BCUT2D eigenvalue weighted by atomic mass is 9.72. The van der Waals surface area contributed by atoms with Crippen LogP contribution < -0.4 is 0 Å². The van der Waals surface area contributed by atoms with Crippen LogP contribution in [0.2, 0.25) is 0 Å². The Morgan fingerprint density at radius 3 is 1.87 bits per heavy atom. The van der Waals surface area contributed by atoms with E-state index in [0.717, 1.165) is 18.0 Å². The molecule has 1 heteroatoms. The van der Waals surface area contributed by atoms with Crippen molar-refractivity contribution in [2.75, 3.05) is 0 Å². The minimum atomic E-state index is 0.367. The molecular formula is C14H27N. The highest BCUT2D eigenvalue weighted by Gasteiger charge is 2.52. The predicted octanol–water partition coefficient (Wildman–Crippen LogP) is 3.68. The quantitative estimate of drug-likeness (QED) is 0.588. The molecule has 2 aliphatic heterocycles. The lowest BCUT2D eigenvalue weighted by molar-refractivity contribution is 0.0887. The molecule has 2 aliphatic rings. The van der Waals surface area contributed by atoms with Crippen molar-refractivity contribution in [1.29, 1.82) is 0 Å². The fourth-order valence-corrected chi connectivity index (χ4v) is 3.96. The summed E-state index contributed by atoms with van der Waals surface area (Å²) in [7, 11) is 0. The summed E-state index contributed by atoms with van der Waals surface area (Å²) in [6.45, 7) is 14.4. The third-order valence-corrected chi connectivity index (χ3v) is 4.42. The molecule has 15 heavy (non-hydrogen) atoms. The van der Waals surface area contributed by atoms with E-state index in [2.05, 4.69) is 46.4 Å². The molecule has 0 aliphatic carbocycles. The SMILES string of the molecule is CC(C)(C)C1CC2CCC1N2C(C)(C)C. The first-order valence-corrected chi connectivity index (χ1v) is 6.50. The van der Waals surface area contributed by atoms with Crippen molar-refractivity contribution >= 4 is 0 Å². The third kappa shape index (κ3) is 1.84. The number of hydrogen-bond donors (Lipinski definition) is 0. The minimum absolute atomic E-state index is 0.367. The first-order chi connectivity index (χ1) is 6.71. The Morgan fingerprint density at radius 2 is 1.53 bits per heavy atom. The third-order valence-electron chi connectivity index (χ3n) is 4.42. The van der Waals surface area contributed by atoms with Gasteiger partial charge >= 0.3 is 0 Å². The summed E-state index contributed by atoms with van der Waals surface area (Å²) in [5, 5.41) is 0. The summed E-state index contributed by atoms with van der Waals surface area (Å²) >= 11 is 0. The van der Waals surface area contributed by atoms with Crippen molar-refractivity contribution in [1.82, 2.24) is 4.90 Å². The highest BCUT2D eigenvalue weighted by Crippen LogP contribution is 2.51. The maximum Gasteiger partial charge on any atom is 0.0138 e. The minimum Gasteiger partial charge on any atom is -0.292 e. The molecule has 1 nitrogen and oxygen atoms in total.